The van der Waals surface area contributed by atoms with E-state index in [1.807, 2.05) is 19.9 Å². The smallest absolute Gasteiger partial charge is 0.339 e. The van der Waals surface area contributed by atoms with Crippen molar-refractivity contribution in [3.63, 3.8) is 0 Å². The van der Waals surface area contributed by atoms with Crippen molar-refractivity contribution in [2.45, 2.75) is 32.1 Å². The van der Waals surface area contributed by atoms with Crippen LogP contribution in [-0.4, -0.2) is 20.9 Å². The van der Waals surface area contributed by atoms with E-state index in [1.54, 1.807) is 29.2 Å². The molecule has 2 aromatic rings. The highest BCUT2D eigenvalue weighted by molar-refractivity contribution is 7.87. The monoisotopic (exact) mass is 345 g/mol. The van der Waals surface area contributed by atoms with Gasteiger partial charge in [0.2, 0.25) is 5.91 Å². The third-order valence-electron chi connectivity index (χ3n) is 4.37. The maximum absolute atomic E-state index is 12.6. The van der Waals surface area contributed by atoms with Gasteiger partial charge in [0.1, 0.15) is 10.6 Å². The lowest BCUT2D eigenvalue weighted by Gasteiger charge is -2.15. The summed E-state index contributed by atoms with van der Waals surface area (Å²) in [6, 6.07) is 10.1. The number of carbonyl (C=O) groups is 1. The minimum atomic E-state index is -3.92. The van der Waals surface area contributed by atoms with Crippen LogP contribution in [0.4, 0.5) is 5.69 Å². The minimum absolute atomic E-state index is 0.0454. The average Bonchev–Trinajstić information content (AvgIpc) is 2.95. The molecule has 0 spiro atoms. The van der Waals surface area contributed by atoms with Crippen LogP contribution in [0.2, 0.25) is 0 Å². The van der Waals surface area contributed by atoms with Crippen molar-refractivity contribution in [3.8, 4) is 5.75 Å². The molecule has 0 N–H and O–H groups in total. The van der Waals surface area contributed by atoms with Crippen LogP contribution < -0.4 is 9.08 Å². The molecular weight excluding hydrogens is 326 g/mol. The zero-order chi connectivity index (χ0) is 17.5. The van der Waals surface area contributed by atoms with Gasteiger partial charge in [-0.3, -0.25) is 4.79 Å². The standard InChI is InChI=1S/C18H19NO4S/c1-12-5-4-6-18(13(12)2)23-24(21,22)16-7-8-17-15(11-16)9-10-19(17)14(3)20/h4-8,11H,9-10H2,1-3H3. The van der Waals surface area contributed by atoms with E-state index in [4.69, 9.17) is 4.18 Å². The van der Waals surface area contributed by atoms with Crippen LogP contribution in [0.3, 0.4) is 0 Å². The summed E-state index contributed by atoms with van der Waals surface area (Å²) in [6.07, 6.45) is 0.641. The maximum atomic E-state index is 12.6. The summed E-state index contributed by atoms with van der Waals surface area (Å²) in [5, 5.41) is 0. The molecule has 0 atom stereocenters. The van der Waals surface area contributed by atoms with Gasteiger partial charge in [-0.1, -0.05) is 12.1 Å². The van der Waals surface area contributed by atoms with Gasteiger partial charge in [-0.05, 0) is 61.2 Å². The van der Waals surface area contributed by atoms with Crippen LogP contribution >= 0.6 is 0 Å². The third-order valence-corrected chi connectivity index (χ3v) is 5.60. The van der Waals surface area contributed by atoms with Crippen molar-refractivity contribution in [3.05, 3.63) is 53.1 Å². The molecule has 0 aromatic heterocycles. The van der Waals surface area contributed by atoms with Gasteiger partial charge in [-0.15, -0.1) is 0 Å². The first-order valence-corrected chi connectivity index (χ1v) is 9.12. The number of carbonyl (C=O) groups excluding carboxylic acids is 1. The fourth-order valence-electron chi connectivity index (χ4n) is 2.84. The summed E-state index contributed by atoms with van der Waals surface area (Å²) < 4.78 is 30.5. The highest BCUT2D eigenvalue weighted by Crippen LogP contribution is 2.31. The van der Waals surface area contributed by atoms with E-state index in [2.05, 4.69) is 0 Å². The first-order valence-electron chi connectivity index (χ1n) is 7.71. The highest BCUT2D eigenvalue weighted by Gasteiger charge is 2.26. The van der Waals surface area contributed by atoms with E-state index >= 15 is 0 Å². The normalized spacial score (nSPS) is 13.7. The van der Waals surface area contributed by atoms with Gasteiger partial charge in [0.15, 0.2) is 0 Å². The number of benzene rings is 2. The molecule has 0 fully saturated rings. The average molecular weight is 345 g/mol. The van der Waals surface area contributed by atoms with Crippen LogP contribution in [0.25, 0.3) is 0 Å². The quantitative estimate of drug-likeness (QED) is 0.802. The van der Waals surface area contributed by atoms with Gasteiger partial charge < -0.3 is 9.08 Å². The minimum Gasteiger partial charge on any atom is -0.379 e. The lowest BCUT2D eigenvalue weighted by molar-refractivity contribution is -0.116. The molecule has 3 rings (SSSR count). The van der Waals surface area contributed by atoms with Gasteiger partial charge in [0, 0.05) is 19.2 Å². The molecule has 0 aliphatic carbocycles. The Bertz CT molecular complexity index is 919. The number of anilines is 1. The molecule has 1 heterocycles. The summed E-state index contributed by atoms with van der Waals surface area (Å²) in [6.45, 7) is 5.81. The van der Waals surface area contributed by atoms with Crippen molar-refractivity contribution in [1.82, 2.24) is 0 Å². The fraction of sp³-hybridized carbons (Fsp3) is 0.278. The van der Waals surface area contributed by atoms with E-state index in [1.165, 1.54) is 13.0 Å². The summed E-state index contributed by atoms with van der Waals surface area (Å²) in [4.78, 5) is 13.3. The number of fused-ring (bicyclic) bond motifs is 1. The zero-order valence-electron chi connectivity index (χ0n) is 13.9. The first-order chi connectivity index (χ1) is 11.3. The molecule has 1 aliphatic rings. The van der Waals surface area contributed by atoms with E-state index in [9.17, 15) is 13.2 Å². The van der Waals surface area contributed by atoms with Gasteiger partial charge >= 0.3 is 10.1 Å². The van der Waals surface area contributed by atoms with E-state index in [-0.39, 0.29) is 10.8 Å². The topological polar surface area (TPSA) is 63.7 Å². The van der Waals surface area contributed by atoms with E-state index < -0.39 is 10.1 Å². The van der Waals surface area contributed by atoms with Gasteiger partial charge in [-0.25, -0.2) is 0 Å². The van der Waals surface area contributed by atoms with Crippen molar-refractivity contribution in [2.75, 3.05) is 11.4 Å². The molecule has 0 unspecified atom stereocenters. The zero-order valence-corrected chi connectivity index (χ0v) is 14.7. The second-order valence-electron chi connectivity index (χ2n) is 5.95. The van der Waals surface area contributed by atoms with Crippen LogP contribution in [0, 0.1) is 13.8 Å². The third kappa shape index (κ3) is 2.89. The highest BCUT2D eigenvalue weighted by atomic mass is 32.2. The lowest BCUT2D eigenvalue weighted by Crippen LogP contribution is -2.25. The van der Waals surface area contributed by atoms with Gasteiger partial charge in [-0.2, -0.15) is 8.42 Å². The van der Waals surface area contributed by atoms with Crippen molar-refractivity contribution < 1.29 is 17.4 Å². The van der Waals surface area contributed by atoms with Crippen LogP contribution in [0.5, 0.6) is 5.75 Å². The molecule has 1 aliphatic heterocycles. The molecule has 0 saturated carbocycles. The van der Waals surface area contributed by atoms with Crippen LogP contribution in [0.15, 0.2) is 41.3 Å². The Balaban J connectivity index is 1.94. The number of rotatable bonds is 3. The Morgan fingerprint density at radius 2 is 1.92 bits per heavy atom. The largest absolute Gasteiger partial charge is 0.379 e. The molecule has 2 aromatic carbocycles. The summed E-state index contributed by atoms with van der Waals surface area (Å²) in [5.74, 6) is 0.289. The number of nitrogens with zero attached hydrogens (tertiary/aromatic N) is 1. The second kappa shape index (κ2) is 5.94. The number of hydrogen-bond donors (Lipinski definition) is 0. The van der Waals surface area contributed by atoms with E-state index in [0.29, 0.717) is 18.7 Å². The van der Waals surface area contributed by atoms with Gasteiger partial charge in [0.25, 0.3) is 0 Å². The summed E-state index contributed by atoms with van der Waals surface area (Å²) in [5.41, 5.74) is 3.38. The van der Waals surface area contributed by atoms with Crippen LogP contribution in [0.1, 0.15) is 23.6 Å². The number of aryl methyl sites for hydroxylation is 1. The Morgan fingerprint density at radius 3 is 2.62 bits per heavy atom. The predicted octanol–water partition coefficient (Wildman–Crippen LogP) is 2.98. The molecule has 5 nitrogen and oxygen atoms in total. The molecular formula is C18H19NO4S. The van der Waals surface area contributed by atoms with E-state index in [0.717, 1.165) is 22.4 Å². The number of hydrogen-bond acceptors (Lipinski definition) is 4. The second-order valence-corrected chi connectivity index (χ2v) is 7.49. The number of amides is 1. The summed E-state index contributed by atoms with van der Waals surface area (Å²) in [7, 11) is -3.92. The van der Waals surface area contributed by atoms with Crippen molar-refractivity contribution in [1.29, 1.82) is 0 Å². The molecule has 0 radical (unpaired) electrons. The molecule has 0 bridgehead atoms. The van der Waals surface area contributed by atoms with Crippen molar-refractivity contribution in [2.24, 2.45) is 0 Å². The van der Waals surface area contributed by atoms with Gasteiger partial charge in [0.05, 0.1) is 0 Å². The Hall–Kier alpha value is -2.34. The van der Waals surface area contributed by atoms with Crippen LogP contribution in [-0.2, 0) is 21.3 Å². The molecule has 126 valence electrons. The predicted molar refractivity (Wildman–Crippen MR) is 91.9 cm³/mol. The Labute approximate surface area is 142 Å². The Morgan fingerprint density at radius 1 is 1.17 bits per heavy atom. The Kier molecular flexibility index (Phi) is 4.09. The van der Waals surface area contributed by atoms with Crippen molar-refractivity contribution >= 4 is 21.7 Å². The SMILES string of the molecule is CC(=O)N1CCc2cc(S(=O)(=O)Oc3cccc(C)c3C)ccc21. The molecule has 1 amide bonds. The molecule has 0 saturated heterocycles. The molecule has 24 heavy (non-hydrogen) atoms. The molecule has 6 heteroatoms. The fourth-order valence-corrected chi connectivity index (χ4v) is 3.88. The first kappa shape index (κ1) is 16.5. The maximum Gasteiger partial charge on any atom is 0.339 e. The summed E-state index contributed by atoms with van der Waals surface area (Å²) >= 11 is 0. The lowest BCUT2D eigenvalue weighted by atomic mass is 10.1.